The Hall–Kier alpha value is -0.620. The average molecular weight is 275 g/mol. The summed E-state index contributed by atoms with van der Waals surface area (Å²) in [6, 6.07) is 0.253. The Labute approximate surface area is 108 Å². The molecule has 0 radical (unpaired) electrons. The van der Waals surface area contributed by atoms with Gasteiger partial charge in [-0.1, -0.05) is 12.8 Å². The quantitative estimate of drug-likeness (QED) is 0.762. The van der Waals surface area contributed by atoms with Gasteiger partial charge in [0.25, 0.3) is 0 Å². The molecule has 0 bridgehead atoms. The monoisotopic (exact) mass is 275 g/mol. The lowest BCUT2D eigenvalue weighted by molar-refractivity contribution is -0.150. The van der Waals surface area contributed by atoms with Crippen LogP contribution in [0, 0.1) is 0 Å². The first kappa shape index (κ1) is 13.8. The molecular formula is C12H21NO4S. The topological polar surface area (TPSA) is 72.5 Å². The van der Waals surface area contributed by atoms with E-state index in [2.05, 4.69) is 5.32 Å². The third-order valence-electron chi connectivity index (χ3n) is 3.81. The summed E-state index contributed by atoms with van der Waals surface area (Å²) in [7, 11) is -3.12. The molecule has 1 saturated carbocycles. The van der Waals surface area contributed by atoms with Crippen LogP contribution in [0.2, 0.25) is 0 Å². The van der Waals surface area contributed by atoms with E-state index in [1.165, 1.54) is 0 Å². The molecule has 0 aromatic carbocycles. The van der Waals surface area contributed by atoms with Crippen LogP contribution in [0.1, 0.15) is 39.0 Å². The highest BCUT2D eigenvalue weighted by Crippen LogP contribution is 2.29. The standard InChI is InChI=1S/C12H21NO4S/c1-2-17-11(14)12(7-8-18(15,16)9-12)13-10-5-3-4-6-10/h10,13H,2-9H2,1H3. The minimum atomic E-state index is -3.12. The Morgan fingerprint density at radius 3 is 2.56 bits per heavy atom. The van der Waals surface area contributed by atoms with Gasteiger partial charge in [-0.25, -0.2) is 8.42 Å². The molecule has 1 N–H and O–H groups in total. The summed E-state index contributed by atoms with van der Waals surface area (Å²) in [5.41, 5.74) is -0.996. The average Bonchev–Trinajstić information content (AvgIpc) is 2.88. The van der Waals surface area contributed by atoms with Gasteiger partial charge < -0.3 is 4.74 Å². The highest BCUT2D eigenvalue weighted by Gasteiger charge is 2.50. The van der Waals surface area contributed by atoms with Crippen LogP contribution in [0.3, 0.4) is 0 Å². The Balaban J connectivity index is 2.14. The number of esters is 1. The molecule has 1 saturated heterocycles. The van der Waals surface area contributed by atoms with Gasteiger partial charge in [0.2, 0.25) is 0 Å². The van der Waals surface area contributed by atoms with Crippen molar-refractivity contribution in [2.45, 2.75) is 50.6 Å². The molecule has 1 aliphatic heterocycles. The normalized spacial score (nSPS) is 31.6. The second-order valence-electron chi connectivity index (χ2n) is 5.27. The lowest BCUT2D eigenvalue weighted by Gasteiger charge is -2.30. The SMILES string of the molecule is CCOC(=O)C1(NC2CCCC2)CCS(=O)(=O)C1. The molecule has 5 nitrogen and oxygen atoms in total. The summed E-state index contributed by atoms with van der Waals surface area (Å²) in [4.78, 5) is 12.1. The summed E-state index contributed by atoms with van der Waals surface area (Å²) in [6.45, 7) is 2.03. The number of rotatable bonds is 4. The number of hydrogen-bond acceptors (Lipinski definition) is 5. The predicted octanol–water partition coefficient (Wildman–Crippen LogP) is 0.639. The highest BCUT2D eigenvalue weighted by atomic mass is 32.2. The van der Waals surface area contributed by atoms with E-state index in [0.717, 1.165) is 25.7 Å². The Kier molecular flexibility index (Phi) is 3.96. The van der Waals surface area contributed by atoms with Gasteiger partial charge in [-0.05, 0) is 26.2 Å². The van der Waals surface area contributed by atoms with Gasteiger partial charge in [-0.2, -0.15) is 0 Å². The molecule has 0 amide bonds. The van der Waals surface area contributed by atoms with Crippen molar-refractivity contribution in [2.24, 2.45) is 0 Å². The van der Waals surface area contributed by atoms with Crippen LogP contribution >= 0.6 is 0 Å². The summed E-state index contributed by atoms with van der Waals surface area (Å²) >= 11 is 0. The van der Waals surface area contributed by atoms with Crippen LogP contribution in [0.5, 0.6) is 0 Å². The molecule has 1 heterocycles. The third kappa shape index (κ3) is 2.85. The molecule has 2 rings (SSSR count). The van der Waals surface area contributed by atoms with Gasteiger partial charge in [0.15, 0.2) is 9.84 Å². The van der Waals surface area contributed by atoms with E-state index < -0.39 is 21.3 Å². The smallest absolute Gasteiger partial charge is 0.327 e. The Morgan fingerprint density at radius 2 is 2.06 bits per heavy atom. The van der Waals surface area contributed by atoms with Crippen molar-refractivity contribution in [3.8, 4) is 0 Å². The van der Waals surface area contributed by atoms with Crippen molar-refractivity contribution < 1.29 is 17.9 Å². The van der Waals surface area contributed by atoms with E-state index >= 15 is 0 Å². The zero-order valence-corrected chi connectivity index (χ0v) is 11.6. The van der Waals surface area contributed by atoms with Crippen LogP contribution in [0.15, 0.2) is 0 Å². The molecule has 2 aliphatic rings. The first-order valence-electron chi connectivity index (χ1n) is 6.63. The minimum Gasteiger partial charge on any atom is -0.465 e. The maximum Gasteiger partial charge on any atom is 0.327 e. The molecule has 1 unspecified atom stereocenters. The largest absolute Gasteiger partial charge is 0.465 e. The second-order valence-corrected chi connectivity index (χ2v) is 7.45. The van der Waals surface area contributed by atoms with Crippen molar-refractivity contribution in [3.05, 3.63) is 0 Å². The lowest BCUT2D eigenvalue weighted by atomic mass is 9.97. The fourth-order valence-corrected chi connectivity index (χ4v) is 4.81. The molecule has 18 heavy (non-hydrogen) atoms. The number of hydrogen-bond donors (Lipinski definition) is 1. The van der Waals surface area contributed by atoms with E-state index in [4.69, 9.17) is 4.74 Å². The summed E-state index contributed by atoms with van der Waals surface area (Å²) in [6.07, 6.45) is 4.65. The Bertz CT molecular complexity index is 414. The number of ether oxygens (including phenoxy) is 1. The van der Waals surface area contributed by atoms with E-state index in [-0.39, 0.29) is 24.2 Å². The molecule has 0 spiro atoms. The molecule has 1 atom stereocenters. The van der Waals surface area contributed by atoms with Crippen LogP contribution in [0.25, 0.3) is 0 Å². The molecule has 6 heteroatoms. The lowest BCUT2D eigenvalue weighted by Crippen LogP contribution is -2.57. The number of carbonyl (C=O) groups is 1. The molecule has 104 valence electrons. The maximum atomic E-state index is 12.1. The van der Waals surface area contributed by atoms with Crippen molar-refractivity contribution in [1.29, 1.82) is 0 Å². The van der Waals surface area contributed by atoms with Crippen LogP contribution in [-0.2, 0) is 19.4 Å². The summed E-state index contributed by atoms with van der Waals surface area (Å²) in [5, 5.41) is 3.28. The van der Waals surface area contributed by atoms with Gasteiger partial charge >= 0.3 is 5.97 Å². The first-order chi connectivity index (χ1) is 8.47. The fraction of sp³-hybridized carbons (Fsp3) is 0.917. The van der Waals surface area contributed by atoms with E-state index in [1.54, 1.807) is 6.92 Å². The van der Waals surface area contributed by atoms with E-state index in [1.807, 2.05) is 0 Å². The van der Waals surface area contributed by atoms with Crippen LogP contribution in [-0.4, -0.2) is 44.1 Å². The van der Waals surface area contributed by atoms with Gasteiger partial charge in [-0.3, -0.25) is 10.1 Å². The highest BCUT2D eigenvalue weighted by molar-refractivity contribution is 7.91. The predicted molar refractivity (Wildman–Crippen MR) is 68.0 cm³/mol. The van der Waals surface area contributed by atoms with E-state index in [0.29, 0.717) is 6.42 Å². The Morgan fingerprint density at radius 1 is 1.39 bits per heavy atom. The van der Waals surface area contributed by atoms with Gasteiger partial charge in [0, 0.05) is 6.04 Å². The molecular weight excluding hydrogens is 254 g/mol. The van der Waals surface area contributed by atoms with Crippen molar-refractivity contribution in [1.82, 2.24) is 5.32 Å². The molecule has 0 aromatic rings. The number of nitrogens with one attached hydrogen (secondary N) is 1. The van der Waals surface area contributed by atoms with Crippen molar-refractivity contribution in [3.63, 3.8) is 0 Å². The second kappa shape index (κ2) is 5.17. The summed E-state index contributed by atoms with van der Waals surface area (Å²) in [5.74, 6) is -0.445. The van der Waals surface area contributed by atoms with E-state index in [9.17, 15) is 13.2 Å². The fourth-order valence-electron chi connectivity index (χ4n) is 2.91. The van der Waals surface area contributed by atoms with Crippen LogP contribution < -0.4 is 5.32 Å². The first-order valence-corrected chi connectivity index (χ1v) is 8.45. The molecule has 2 fully saturated rings. The maximum absolute atomic E-state index is 12.1. The zero-order valence-electron chi connectivity index (χ0n) is 10.8. The zero-order chi connectivity index (χ0) is 13.2. The number of sulfone groups is 1. The van der Waals surface area contributed by atoms with Gasteiger partial charge in [0.05, 0.1) is 18.1 Å². The van der Waals surface area contributed by atoms with Crippen molar-refractivity contribution >= 4 is 15.8 Å². The molecule has 1 aliphatic carbocycles. The molecule has 0 aromatic heterocycles. The number of carbonyl (C=O) groups excluding carboxylic acids is 1. The third-order valence-corrected chi connectivity index (χ3v) is 5.57. The summed E-state index contributed by atoms with van der Waals surface area (Å²) < 4.78 is 28.4. The van der Waals surface area contributed by atoms with Crippen LogP contribution in [0.4, 0.5) is 0 Å². The van der Waals surface area contributed by atoms with Gasteiger partial charge in [0.1, 0.15) is 5.54 Å². The van der Waals surface area contributed by atoms with Gasteiger partial charge in [-0.15, -0.1) is 0 Å². The van der Waals surface area contributed by atoms with Crippen molar-refractivity contribution in [2.75, 3.05) is 18.1 Å². The minimum absolute atomic E-state index is 0.0749.